The maximum atomic E-state index is 11.9. The van der Waals surface area contributed by atoms with Crippen LogP contribution in [0, 0.1) is 20.8 Å². The lowest BCUT2D eigenvalue weighted by molar-refractivity contribution is -0.117. The second-order valence-electron chi connectivity index (χ2n) is 5.67. The van der Waals surface area contributed by atoms with E-state index in [2.05, 4.69) is 10.4 Å². The van der Waals surface area contributed by atoms with Crippen LogP contribution in [-0.2, 0) is 18.3 Å². The fraction of sp³-hybridized carbons (Fsp3) is 0.412. The van der Waals surface area contributed by atoms with Crippen molar-refractivity contribution in [1.29, 1.82) is 0 Å². The van der Waals surface area contributed by atoms with E-state index in [9.17, 15) is 4.79 Å². The molecule has 2 aromatic heterocycles. The van der Waals surface area contributed by atoms with Crippen LogP contribution in [0.5, 0.6) is 0 Å². The zero-order valence-electron chi connectivity index (χ0n) is 13.8. The Morgan fingerprint density at radius 2 is 2.14 bits per heavy atom. The van der Waals surface area contributed by atoms with Crippen molar-refractivity contribution >= 4 is 12.0 Å². The van der Waals surface area contributed by atoms with Crippen LogP contribution < -0.4 is 5.32 Å². The summed E-state index contributed by atoms with van der Waals surface area (Å²) in [6, 6.07) is 3.75. The number of amides is 1. The number of nitrogens with one attached hydrogen (secondary N) is 1. The predicted molar refractivity (Wildman–Crippen MR) is 86.5 cm³/mol. The first kappa shape index (κ1) is 16.1. The van der Waals surface area contributed by atoms with Gasteiger partial charge in [0, 0.05) is 24.9 Å². The number of carbonyl (C=O) groups excluding carboxylic acids is 1. The van der Waals surface area contributed by atoms with E-state index in [4.69, 9.17) is 4.42 Å². The molecule has 22 heavy (non-hydrogen) atoms. The van der Waals surface area contributed by atoms with Crippen LogP contribution in [0.3, 0.4) is 0 Å². The first-order chi connectivity index (χ1) is 10.4. The highest BCUT2D eigenvalue weighted by molar-refractivity contribution is 5.91. The normalized spacial score (nSPS) is 12.8. The number of hydrogen-bond donors (Lipinski definition) is 1. The molecule has 0 saturated carbocycles. The molecule has 0 saturated heterocycles. The number of nitrogens with zero attached hydrogens (tertiary/aromatic N) is 2. The Kier molecular flexibility index (Phi) is 4.85. The largest absolute Gasteiger partial charge is 0.462 e. The Morgan fingerprint density at radius 1 is 1.41 bits per heavy atom. The number of hydrogen-bond acceptors (Lipinski definition) is 3. The number of aromatic nitrogens is 2. The summed E-state index contributed by atoms with van der Waals surface area (Å²) >= 11 is 0. The van der Waals surface area contributed by atoms with Gasteiger partial charge in [-0.25, -0.2) is 0 Å². The Hall–Kier alpha value is -2.30. The summed E-state index contributed by atoms with van der Waals surface area (Å²) in [5, 5.41) is 7.36. The molecule has 0 fully saturated rings. The molecule has 2 rings (SSSR count). The summed E-state index contributed by atoms with van der Waals surface area (Å²) < 4.78 is 7.26. The summed E-state index contributed by atoms with van der Waals surface area (Å²) in [5.74, 6) is 1.39. The third-order valence-electron chi connectivity index (χ3n) is 3.72. The molecule has 5 heteroatoms. The quantitative estimate of drug-likeness (QED) is 0.864. The van der Waals surface area contributed by atoms with Gasteiger partial charge in [-0.2, -0.15) is 5.10 Å². The highest BCUT2D eigenvalue weighted by atomic mass is 16.3. The minimum Gasteiger partial charge on any atom is -0.462 e. The molecule has 1 atom stereocenters. The van der Waals surface area contributed by atoms with Gasteiger partial charge < -0.3 is 9.73 Å². The average molecular weight is 301 g/mol. The lowest BCUT2D eigenvalue weighted by Crippen LogP contribution is -2.33. The lowest BCUT2D eigenvalue weighted by atomic mass is 10.1. The number of aryl methyl sites for hydroxylation is 3. The zero-order valence-corrected chi connectivity index (χ0v) is 13.8. The van der Waals surface area contributed by atoms with Crippen molar-refractivity contribution in [1.82, 2.24) is 15.1 Å². The highest BCUT2D eigenvalue weighted by Crippen LogP contribution is 2.14. The molecular formula is C17H23N3O2. The van der Waals surface area contributed by atoms with Crippen LogP contribution in [0.1, 0.15) is 35.4 Å². The third kappa shape index (κ3) is 3.87. The van der Waals surface area contributed by atoms with Crippen molar-refractivity contribution in [3.05, 3.63) is 46.7 Å². The van der Waals surface area contributed by atoms with Crippen molar-refractivity contribution in [2.24, 2.45) is 7.05 Å². The van der Waals surface area contributed by atoms with Crippen LogP contribution in [0.25, 0.3) is 6.08 Å². The Labute approximate surface area is 131 Å². The predicted octanol–water partition coefficient (Wildman–Crippen LogP) is 2.70. The van der Waals surface area contributed by atoms with Gasteiger partial charge in [0.2, 0.25) is 5.91 Å². The van der Waals surface area contributed by atoms with Gasteiger partial charge in [-0.3, -0.25) is 9.48 Å². The monoisotopic (exact) mass is 301 g/mol. The molecule has 0 radical (unpaired) electrons. The van der Waals surface area contributed by atoms with E-state index in [1.807, 2.05) is 51.6 Å². The SMILES string of the molecule is Cc1ccc(/C=C\C(=O)N[C@@H](C)Cc2c(C)nn(C)c2C)o1. The van der Waals surface area contributed by atoms with Crippen LogP contribution in [0.2, 0.25) is 0 Å². The van der Waals surface area contributed by atoms with Gasteiger partial charge in [-0.05, 0) is 57.9 Å². The first-order valence-electron chi connectivity index (χ1n) is 7.41. The summed E-state index contributed by atoms with van der Waals surface area (Å²) in [6.07, 6.45) is 3.94. The fourth-order valence-electron chi connectivity index (χ4n) is 2.46. The molecule has 118 valence electrons. The zero-order chi connectivity index (χ0) is 16.3. The lowest BCUT2D eigenvalue weighted by Gasteiger charge is -2.12. The second-order valence-corrected chi connectivity index (χ2v) is 5.67. The van der Waals surface area contributed by atoms with E-state index >= 15 is 0 Å². The molecule has 1 N–H and O–H groups in total. The van der Waals surface area contributed by atoms with E-state index in [-0.39, 0.29) is 11.9 Å². The number of furan rings is 1. The number of rotatable bonds is 5. The van der Waals surface area contributed by atoms with Gasteiger partial charge in [0.05, 0.1) is 5.69 Å². The third-order valence-corrected chi connectivity index (χ3v) is 3.72. The first-order valence-corrected chi connectivity index (χ1v) is 7.41. The molecule has 0 aliphatic carbocycles. The van der Waals surface area contributed by atoms with E-state index < -0.39 is 0 Å². The van der Waals surface area contributed by atoms with Gasteiger partial charge in [-0.15, -0.1) is 0 Å². The van der Waals surface area contributed by atoms with E-state index in [1.165, 1.54) is 11.6 Å². The minimum absolute atomic E-state index is 0.0390. The molecule has 0 unspecified atom stereocenters. The highest BCUT2D eigenvalue weighted by Gasteiger charge is 2.13. The summed E-state index contributed by atoms with van der Waals surface area (Å²) in [6.45, 7) is 7.91. The molecule has 0 aromatic carbocycles. The topological polar surface area (TPSA) is 60.1 Å². The molecule has 2 heterocycles. The standard InChI is InChI=1S/C17H23N3O2/c1-11(10-16-13(3)19-20(5)14(16)4)18-17(21)9-8-15-7-6-12(2)22-15/h6-9,11H,10H2,1-5H3,(H,18,21)/b9-8-/t11-/m0/s1. The van der Waals surface area contributed by atoms with E-state index in [1.54, 1.807) is 6.08 Å². The van der Waals surface area contributed by atoms with Crippen LogP contribution in [-0.4, -0.2) is 21.7 Å². The summed E-state index contributed by atoms with van der Waals surface area (Å²) in [7, 11) is 1.93. The number of carbonyl (C=O) groups is 1. The van der Waals surface area contributed by atoms with Gasteiger partial charge in [0.1, 0.15) is 11.5 Å². The van der Waals surface area contributed by atoms with Gasteiger partial charge >= 0.3 is 0 Å². The van der Waals surface area contributed by atoms with Crippen LogP contribution in [0.4, 0.5) is 0 Å². The van der Waals surface area contributed by atoms with Crippen molar-refractivity contribution in [3.63, 3.8) is 0 Å². The van der Waals surface area contributed by atoms with Gasteiger partial charge in [-0.1, -0.05) is 0 Å². The van der Waals surface area contributed by atoms with Crippen molar-refractivity contribution in [3.8, 4) is 0 Å². The summed E-state index contributed by atoms with van der Waals surface area (Å²) in [5.41, 5.74) is 3.35. The smallest absolute Gasteiger partial charge is 0.244 e. The van der Waals surface area contributed by atoms with E-state index in [0.29, 0.717) is 5.76 Å². The maximum Gasteiger partial charge on any atom is 0.244 e. The average Bonchev–Trinajstić information content (AvgIpc) is 2.96. The molecular weight excluding hydrogens is 278 g/mol. The Bertz CT molecular complexity index is 695. The van der Waals surface area contributed by atoms with Gasteiger partial charge in [0.25, 0.3) is 0 Å². The minimum atomic E-state index is -0.124. The molecule has 0 spiro atoms. The summed E-state index contributed by atoms with van der Waals surface area (Å²) in [4.78, 5) is 11.9. The molecule has 0 aliphatic rings. The molecule has 0 aliphatic heterocycles. The second kappa shape index (κ2) is 6.64. The van der Waals surface area contributed by atoms with Crippen LogP contribution in [0.15, 0.2) is 22.6 Å². The maximum absolute atomic E-state index is 11.9. The molecule has 2 aromatic rings. The molecule has 5 nitrogen and oxygen atoms in total. The van der Waals surface area contributed by atoms with E-state index in [0.717, 1.165) is 23.6 Å². The Morgan fingerprint density at radius 3 is 2.68 bits per heavy atom. The molecule has 1 amide bonds. The molecule has 0 bridgehead atoms. The fourth-order valence-corrected chi connectivity index (χ4v) is 2.46. The van der Waals surface area contributed by atoms with Gasteiger partial charge in [0.15, 0.2) is 0 Å². The van der Waals surface area contributed by atoms with Crippen molar-refractivity contribution in [2.45, 2.75) is 40.2 Å². The van der Waals surface area contributed by atoms with Crippen LogP contribution >= 0.6 is 0 Å². The van der Waals surface area contributed by atoms with Crippen molar-refractivity contribution < 1.29 is 9.21 Å². The Balaban J connectivity index is 1.92. The van der Waals surface area contributed by atoms with Crippen molar-refractivity contribution in [2.75, 3.05) is 0 Å².